The van der Waals surface area contributed by atoms with Crippen LogP contribution in [0.25, 0.3) is 0 Å². The summed E-state index contributed by atoms with van der Waals surface area (Å²) in [6.45, 7) is 7.05. The van der Waals surface area contributed by atoms with Crippen LogP contribution in [0, 0.1) is 5.92 Å². The van der Waals surface area contributed by atoms with Crippen LogP contribution in [0.2, 0.25) is 0 Å². The molecule has 0 radical (unpaired) electrons. The quantitative estimate of drug-likeness (QED) is 0.346. The van der Waals surface area contributed by atoms with Crippen molar-refractivity contribution in [2.75, 3.05) is 56.8 Å². The highest BCUT2D eigenvalue weighted by atomic mass is 16.7. The first-order chi connectivity index (χ1) is 17.6. The third-order valence-corrected chi connectivity index (χ3v) is 7.08. The molecule has 37 heavy (non-hydrogen) atoms. The summed E-state index contributed by atoms with van der Waals surface area (Å²) >= 11 is 0. The van der Waals surface area contributed by atoms with E-state index < -0.39 is 0 Å². The van der Waals surface area contributed by atoms with Crippen molar-refractivity contribution in [1.29, 1.82) is 0 Å². The van der Waals surface area contributed by atoms with Crippen molar-refractivity contribution in [3.8, 4) is 11.5 Å². The van der Waals surface area contributed by atoms with E-state index in [1.165, 1.54) is 32.1 Å². The van der Waals surface area contributed by atoms with Crippen LogP contribution < -0.4 is 24.6 Å². The van der Waals surface area contributed by atoms with Gasteiger partial charge < -0.3 is 24.4 Å². The molecule has 1 N–H and O–H groups in total. The Morgan fingerprint density at radius 2 is 1.65 bits per heavy atom. The summed E-state index contributed by atoms with van der Waals surface area (Å²) < 4.78 is 16.8. The summed E-state index contributed by atoms with van der Waals surface area (Å²) in [5.74, 6) is 1.92. The topological polar surface area (TPSA) is 63.3 Å². The monoisotopic (exact) mass is 511 g/mol. The molecule has 204 valence electrons. The summed E-state index contributed by atoms with van der Waals surface area (Å²) in [4.78, 5) is 17.8. The number of nitrogens with one attached hydrogen (secondary N) is 1. The van der Waals surface area contributed by atoms with E-state index in [-0.39, 0.29) is 18.2 Å². The minimum absolute atomic E-state index is 0.0790. The number of rotatable bonds is 10. The molecule has 2 aromatic carbocycles. The number of carbonyl (C=O) groups excluding carboxylic acids is 1. The molecular formula is C30H45N3O4. The molecule has 0 bridgehead atoms. The number of methoxy groups -OCH3 is 2. The molecule has 0 atom stereocenters. The molecule has 0 saturated heterocycles. The van der Waals surface area contributed by atoms with Crippen LogP contribution in [-0.2, 0) is 10.2 Å². The molecule has 2 aromatic rings. The van der Waals surface area contributed by atoms with Gasteiger partial charge in [0.2, 0.25) is 0 Å². The SMILES string of the molecule is COCOc1c(NC(=O)N(CCC2CCCCC2)c2ccc(N(C)C)cc2)cc(OC)cc1C(C)(C)C. The maximum Gasteiger partial charge on any atom is 0.326 e. The van der Waals surface area contributed by atoms with E-state index in [0.29, 0.717) is 29.6 Å². The Morgan fingerprint density at radius 1 is 1.00 bits per heavy atom. The Kier molecular flexibility index (Phi) is 10.1. The molecule has 0 aliphatic heterocycles. The molecule has 1 aliphatic rings. The minimum atomic E-state index is -0.236. The highest BCUT2D eigenvalue weighted by molar-refractivity contribution is 6.03. The summed E-state index contributed by atoms with van der Waals surface area (Å²) in [5, 5.41) is 3.15. The molecule has 3 rings (SSSR count). The second-order valence-electron chi connectivity index (χ2n) is 11.1. The average Bonchev–Trinajstić information content (AvgIpc) is 2.88. The van der Waals surface area contributed by atoms with E-state index in [0.717, 1.165) is 23.4 Å². The van der Waals surface area contributed by atoms with Gasteiger partial charge in [-0.1, -0.05) is 52.9 Å². The smallest absolute Gasteiger partial charge is 0.326 e. The number of hydrogen-bond donors (Lipinski definition) is 1. The maximum absolute atomic E-state index is 13.9. The number of nitrogens with zero attached hydrogens (tertiary/aromatic N) is 2. The lowest BCUT2D eigenvalue weighted by Crippen LogP contribution is -2.37. The standard InChI is InChI=1S/C30H45N3O4/c1-30(2,3)26-19-25(36-7)20-27(28(26)37-21-35-6)31-29(34)33(18-17-22-11-9-8-10-12-22)24-15-13-23(14-16-24)32(4)5/h13-16,19-20,22H,8-12,17-18,21H2,1-7H3,(H,31,34). The Hall–Kier alpha value is -2.93. The molecule has 0 aromatic heterocycles. The van der Waals surface area contributed by atoms with Crippen molar-refractivity contribution in [1.82, 2.24) is 0 Å². The summed E-state index contributed by atoms with van der Waals surface area (Å²) in [6.07, 6.45) is 7.37. The van der Waals surface area contributed by atoms with Gasteiger partial charge in [-0.25, -0.2) is 4.79 Å². The Bertz CT molecular complexity index is 1010. The van der Waals surface area contributed by atoms with Gasteiger partial charge in [-0.2, -0.15) is 0 Å². The Balaban J connectivity index is 1.94. The third-order valence-electron chi connectivity index (χ3n) is 7.08. The molecule has 1 saturated carbocycles. The fraction of sp³-hybridized carbons (Fsp3) is 0.567. The van der Waals surface area contributed by atoms with Crippen LogP contribution in [0.1, 0.15) is 64.9 Å². The largest absolute Gasteiger partial charge is 0.497 e. The predicted molar refractivity (Wildman–Crippen MR) is 153 cm³/mol. The number of hydrogen-bond acceptors (Lipinski definition) is 5. The first-order valence-electron chi connectivity index (χ1n) is 13.3. The van der Waals surface area contributed by atoms with Crippen LogP contribution in [0.15, 0.2) is 36.4 Å². The van der Waals surface area contributed by atoms with Crippen LogP contribution in [0.3, 0.4) is 0 Å². The number of ether oxygens (including phenoxy) is 3. The molecule has 1 aliphatic carbocycles. The van der Waals surface area contributed by atoms with Crippen LogP contribution in [0.5, 0.6) is 11.5 Å². The average molecular weight is 512 g/mol. The number of anilines is 3. The van der Waals surface area contributed by atoms with E-state index in [1.54, 1.807) is 14.2 Å². The zero-order valence-electron chi connectivity index (χ0n) is 23.7. The van der Waals surface area contributed by atoms with Gasteiger partial charge in [-0.3, -0.25) is 4.90 Å². The van der Waals surface area contributed by atoms with Crippen molar-refractivity contribution >= 4 is 23.1 Å². The first-order valence-corrected chi connectivity index (χ1v) is 13.3. The van der Waals surface area contributed by atoms with E-state index in [2.05, 4.69) is 31.0 Å². The van der Waals surface area contributed by atoms with Crippen LogP contribution >= 0.6 is 0 Å². The fourth-order valence-corrected chi connectivity index (χ4v) is 4.89. The summed E-state index contributed by atoms with van der Waals surface area (Å²) in [5.41, 5.74) is 3.23. The van der Waals surface area contributed by atoms with E-state index >= 15 is 0 Å². The lowest BCUT2D eigenvalue weighted by Gasteiger charge is -2.29. The molecule has 0 spiro atoms. The number of carbonyl (C=O) groups is 1. The van der Waals surface area contributed by atoms with Gasteiger partial charge in [0.1, 0.15) is 11.5 Å². The maximum atomic E-state index is 13.9. The van der Waals surface area contributed by atoms with E-state index in [9.17, 15) is 4.79 Å². The lowest BCUT2D eigenvalue weighted by atomic mass is 9.85. The van der Waals surface area contributed by atoms with Gasteiger partial charge in [0.25, 0.3) is 0 Å². The van der Waals surface area contributed by atoms with Crippen molar-refractivity contribution in [2.45, 2.75) is 64.7 Å². The van der Waals surface area contributed by atoms with Gasteiger partial charge in [-0.05, 0) is 48.1 Å². The van der Waals surface area contributed by atoms with Crippen molar-refractivity contribution in [3.63, 3.8) is 0 Å². The van der Waals surface area contributed by atoms with Crippen molar-refractivity contribution < 1.29 is 19.0 Å². The fourth-order valence-electron chi connectivity index (χ4n) is 4.89. The Morgan fingerprint density at radius 3 is 2.22 bits per heavy atom. The van der Waals surface area contributed by atoms with Gasteiger partial charge in [0.15, 0.2) is 6.79 Å². The molecule has 2 amide bonds. The second kappa shape index (κ2) is 13.0. The molecule has 7 nitrogen and oxygen atoms in total. The molecule has 7 heteroatoms. The third kappa shape index (κ3) is 7.78. The van der Waals surface area contributed by atoms with Gasteiger partial charge in [-0.15, -0.1) is 0 Å². The van der Waals surface area contributed by atoms with E-state index in [4.69, 9.17) is 14.2 Å². The Labute approximate surface area is 223 Å². The highest BCUT2D eigenvalue weighted by Gasteiger charge is 2.26. The van der Waals surface area contributed by atoms with Crippen molar-refractivity contribution in [2.24, 2.45) is 5.92 Å². The summed E-state index contributed by atoms with van der Waals surface area (Å²) in [7, 11) is 7.24. The number of urea groups is 1. The lowest BCUT2D eigenvalue weighted by molar-refractivity contribution is 0.0503. The number of benzene rings is 2. The molecular weight excluding hydrogens is 466 g/mol. The number of amides is 2. The highest BCUT2D eigenvalue weighted by Crippen LogP contribution is 2.41. The summed E-state index contributed by atoms with van der Waals surface area (Å²) in [6, 6.07) is 11.7. The van der Waals surface area contributed by atoms with Crippen LogP contribution in [-0.4, -0.2) is 47.7 Å². The molecule has 1 fully saturated rings. The van der Waals surface area contributed by atoms with Crippen LogP contribution in [0.4, 0.5) is 21.9 Å². The van der Waals surface area contributed by atoms with E-state index in [1.807, 2.05) is 55.4 Å². The van der Waals surface area contributed by atoms with Crippen molar-refractivity contribution in [3.05, 3.63) is 42.0 Å². The second-order valence-corrected chi connectivity index (χ2v) is 11.1. The zero-order valence-corrected chi connectivity index (χ0v) is 23.7. The first kappa shape index (κ1) is 28.6. The van der Waals surface area contributed by atoms with Gasteiger partial charge in [0.05, 0.1) is 12.8 Å². The molecule has 0 heterocycles. The predicted octanol–water partition coefficient (Wildman–Crippen LogP) is 7.05. The van der Waals surface area contributed by atoms with Gasteiger partial charge in [0, 0.05) is 50.8 Å². The zero-order chi connectivity index (χ0) is 27.0. The normalized spacial score (nSPS) is 14.2. The molecule has 0 unspecified atom stereocenters. The van der Waals surface area contributed by atoms with Gasteiger partial charge >= 0.3 is 6.03 Å². The minimum Gasteiger partial charge on any atom is -0.497 e.